The van der Waals surface area contributed by atoms with Crippen LogP contribution in [0.4, 0.5) is 4.79 Å². The largest absolute Gasteiger partial charge is 0.480 e. The standard InChI is InChI=1S/C28H34N2O5/c1-3-25(27(32)33)30(2)26(31)22-15-5-4-6-16-24(22)29-28(34)35-17-23-20-13-9-7-11-18(20)19-12-8-10-14-21(19)23/h7-14,22-25H,3-6,15-17H2,1-2H3,(H,29,34)(H,32,33)/t22-,24+,25?/m0/s1. The molecule has 2 aliphatic carbocycles. The Morgan fingerprint density at radius 3 is 2.20 bits per heavy atom. The number of hydrogen-bond acceptors (Lipinski definition) is 4. The Morgan fingerprint density at radius 1 is 1.00 bits per heavy atom. The van der Waals surface area contributed by atoms with Gasteiger partial charge in [-0.25, -0.2) is 9.59 Å². The number of carboxylic acids is 1. The summed E-state index contributed by atoms with van der Waals surface area (Å²) in [5.74, 6) is -1.74. The highest BCUT2D eigenvalue weighted by Gasteiger charge is 2.36. The van der Waals surface area contributed by atoms with Crippen molar-refractivity contribution < 1.29 is 24.2 Å². The molecule has 1 unspecified atom stereocenters. The summed E-state index contributed by atoms with van der Waals surface area (Å²) in [5.41, 5.74) is 4.62. The Hall–Kier alpha value is -3.35. The lowest BCUT2D eigenvalue weighted by Crippen LogP contribution is -2.51. The van der Waals surface area contributed by atoms with Crippen LogP contribution in [0.1, 0.15) is 62.5 Å². The summed E-state index contributed by atoms with van der Waals surface area (Å²) in [7, 11) is 1.54. The number of fused-ring (bicyclic) bond motifs is 3. The number of carbonyl (C=O) groups excluding carboxylic acids is 2. The molecule has 0 spiro atoms. The van der Waals surface area contributed by atoms with Crippen LogP contribution >= 0.6 is 0 Å². The normalized spacial score (nSPS) is 20.2. The van der Waals surface area contributed by atoms with Gasteiger partial charge in [-0.15, -0.1) is 0 Å². The van der Waals surface area contributed by atoms with Crippen molar-refractivity contribution in [3.8, 4) is 11.1 Å². The molecular weight excluding hydrogens is 444 g/mol. The molecule has 1 fully saturated rings. The quantitative estimate of drug-likeness (QED) is 0.558. The Kier molecular flexibility index (Phi) is 7.73. The predicted molar refractivity (Wildman–Crippen MR) is 133 cm³/mol. The van der Waals surface area contributed by atoms with Gasteiger partial charge in [0, 0.05) is 19.0 Å². The lowest BCUT2D eigenvalue weighted by Gasteiger charge is -2.32. The number of benzene rings is 2. The van der Waals surface area contributed by atoms with Crippen LogP contribution in [-0.2, 0) is 14.3 Å². The molecule has 2 amide bonds. The number of rotatable bonds is 7. The first kappa shape index (κ1) is 24.8. The van der Waals surface area contributed by atoms with Crippen molar-refractivity contribution in [2.75, 3.05) is 13.7 Å². The van der Waals surface area contributed by atoms with Crippen molar-refractivity contribution in [1.29, 1.82) is 0 Å². The number of alkyl carbamates (subject to hydrolysis) is 1. The average Bonchev–Trinajstić information content (AvgIpc) is 2.99. The van der Waals surface area contributed by atoms with Gasteiger partial charge < -0.3 is 20.1 Å². The van der Waals surface area contributed by atoms with E-state index in [-0.39, 0.29) is 24.5 Å². The summed E-state index contributed by atoms with van der Waals surface area (Å²) in [6, 6.07) is 15.1. The van der Waals surface area contributed by atoms with E-state index in [4.69, 9.17) is 4.74 Å². The average molecular weight is 479 g/mol. The topological polar surface area (TPSA) is 95.9 Å². The molecular formula is C28H34N2O5. The van der Waals surface area contributed by atoms with E-state index in [1.165, 1.54) is 16.0 Å². The van der Waals surface area contributed by atoms with Gasteiger partial charge in [0.2, 0.25) is 5.91 Å². The van der Waals surface area contributed by atoms with Gasteiger partial charge >= 0.3 is 12.1 Å². The fourth-order valence-corrected chi connectivity index (χ4v) is 5.60. The first-order chi connectivity index (χ1) is 16.9. The van der Waals surface area contributed by atoms with Crippen LogP contribution in [0.3, 0.4) is 0 Å². The van der Waals surface area contributed by atoms with E-state index in [2.05, 4.69) is 29.6 Å². The molecule has 35 heavy (non-hydrogen) atoms. The van der Waals surface area contributed by atoms with Crippen molar-refractivity contribution >= 4 is 18.0 Å². The second kappa shape index (κ2) is 10.9. The van der Waals surface area contributed by atoms with E-state index in [1.54, 1.807) is 14.0 Å². The number of likely N-dealkylation sites (N-methyl/N-ethyl adjacent to an activating group) is 1. The molecule has 1 saturated carbocycles. The Labute approximate surface area is 206 Å². The molecule has 2 aromatic carbocycles. The van der Waals surface area contributed by atoms with Crippen molar-refractivity contribution in [3.63, 3.8) is 0 Å². The number of carbonyl (C=O) groups is 3. The summed E-state index contributed by atoms with van der Waals surface area (Å²) in [6.07, 6.45) is 3.83. The lowest BCUT2D eigenvalue weighted by molar-refractivity contribution is -0.151. The Morgan fingerprint density at radius 2 is 1.60 bits per heavy atom. The van der Waals surface area contributed by atoms with E-state index in [0.29, 0.717) is 19.3 Å². The molecule has 2 N–H and O–H groups in total. The highest BCUT2D eigenvalue weighted by atomic mass is 16.5. The summed E-state index contributed by atoms with van der Waals surface area (Å²) in [5, 5.41) is 12.4. The van der Waals surface area contributed by atoms with E-state index in [9.17, 15) is 19.5 Å². The van der Waals surface area contributed by atoms with Gasteiger partial charge in [0.1, 0.15) is 12.6 Å². The molecule has 0 heterocycles. The SMILES string of the molecule is CCC(C(=O)O)N(C)C(=O)[C@H]1CCCCC[C@H]1NC(=O)OCC1c2ccccc2-c2ccccc21. The number of ether oxygens (including phenoxy) is 1. The maximum atomic E-state index is 13.3. The molecule has 0 bridgehead atoms. The summed E-state index contributed by atoms with van der Waals surface area (Å²) < 4.78 is 5.71. The van der Waals surface area contributed by atoms with Crippen LogP contribution < -0.4 is 5.32 Å². The first-order valence-electron chi connectivity index (χ1n) is 12.5. The number of aliphatic carboxylic acids is 1. The van der Waals surface area contributed by atoms with Crippen LogP contribution in [0.2, 0.25) is 0 Å². The van der Waals surface area contributed by atoms with Crippen molar-refractivity contribution in [3.05, 3.63) is 59.7 Å². The second-order valence-electron chi connectivity index (χ2n) is 9.53. The molecule has 0 aliphatic heterocycles. The zero-order valence-electron chi connectivity index (χ0n) is 20.4. The molecule has 3 atom stereocenters. The van der Waals surface area contributed by atoms with Gasteiger partial charge in [-0.2, -0.15) is 0 Å². The number of carboxylic acid groups (broad SMARTS) is 1. The number of amides is 2. The van der Waals surface area contributed by atoms with Gasteiger partial charge in [-0.05, 0) is 41.5 Å². The third-order valence-electron chi connectivity index (χ3n) is 7.47. The zero-order chi connectivity index (χ0) is 24.9. The molecule has 2 aliphatic rings. The maximum absolute atomic E-state index is 13.3. The Bertz CT molecular complexity index is 1040. The zero-order valence-corrected chi connectivity index (χ0v) is 20.4. The summed E-state index contributed by atoms with van der Waals surface area (Å²) in [4.78, 5) is 39.1. The van der Waals surface area contributed by atoms with E-state index in [0.717, 1.165) is 30.4 Å². The maximum Gasteiger partial charge on any atom is 0.407 e. The first-order valence-corrected chi connectivity index (χ1v) is 12.5. The van der Waals surface area contributed by atoms with Crippen molar-refractivity contribution in [1.82, 2.24) is 10.2 Å². The third-order valence-corrected chi connectivity index (χ3v) is 7.47. The van der Waals surface area contributed by atoms with Crippen LogP contribution in [0.5, 0.6) is 0 Å². The highest BCUT2D eigenvalue weighted by molar-refractivity contribution is 5.86. The number of nitrogens with one attached hydrogen (secondary N) is 1. The Balaban J connectivity index is 1.44. The van der Waals surface area contributed by atoms with Gasteiger partial charge in [0.05, 0.1) is 5.92 Å². The van der Waals surface area contributed by atoms with Gasteiger partial charge in [0.25, 0.3) is 0 Å². The minimum absolute atomic E-state index is 0.0354. The fourth-order valence-electron chi connectivity index (χ4n) is 5.60. The lowest BCUT2D eigenvalue weighted by atomic mass is 9.92. The molecule has 7 nitrogen and oxygen atoms in total. The van der Waals surface area contributed by atoms with Crippen LogP contribution in [0.15, 0.2) is 48.5 Å². The predicted octanol–water partition coefficient (Wildman–Crippen LogP) is 4.80. The molecule has 7 heteroatoms. The van der Waals surface area contributed by atoms with Crippen LogP contribution in [0, 0.1) is 5.92 Å². The smallest absolute Gasteiger partial charge is 0.407 e. The molecule has 0 aromatic heterocycles. The number of nitrogens with zero attached hydrogens (tertiary/aromatic N) is 1. The van der Waals surface area contributed by atoms with Crippen LogP contribution in [0.25, 0.3) is 11.1 Å². The van der Waals surface area contributed by atoms with E-state index < -0.39 is 24.0 Å². The minimum Gasteiger partial charge on any atom is -0.480 e. The van der Waals surface area contributed by atoms with E-state index >= 15 is 0 Å². The molecule has 4 rings (SSSR count). The molecule has 0 radical (unpaired) electrons. The summed E-state index contributed by atoms with van der Waals surface area (Å²) >= 11 is 0. The molecule has 186 valence electrons. The van der Waals surface area contributed by atoms with Crippen molar-refractivity contribution in [2.24, 2.45) is 5.92 Å². The molecule has 2 aromatic rings. The minimum atomic E-state index is -1.02. The van der Waals surface area contributed by atoms with Gasteiger partial charge in [-0.1, -0.05) is 74.7 Å². The third kappa shape index (κ3) is 5.19. The summed E-state index contributed by atoms with van der Waals surface area (Å²) in [6.45, 7) is 1.96. The second-order valence-corrected chi connectivity index (χ2v) is 9.53. The number of hydrogen-bond donors (Lipinski definition) is 2. The molecule has 0 saturated heterocycles. The monoisotopic (exact) mass is 478 g/mol. The fraction of sp³-hybridized carbons (Fsp3) is 0.464. The van der Waals surface area contributed by atoms with Crippen molar-refractivity contribution in [2.45, 2.75) is 63.5 Å². The van der Waals surface area contributed by atoms with Gasteiger partial charge in [-0.3, -0.25) is 4.79 Å². The highest BCUT2D eigenvalue weighted by Crippen LogP contribution is 2.44. The van der Waals surface area contributed by atoms with Gasteiger partial charge in [0.15, 0.2) is 0 Å². The van der Waals surface area contributed by atoms with E-state index in [1.807, 2.05) is 24.3 Å². The van der Waals surface area contributed by atoms with Crippen LogP contribution in [-0.4, -0.2) is 53.7 Å².